The lowest BCUT2D eigenvalue weighted by molar-refractivity contribution is 0.0696. The van der Waals surface area contributed by atoms with E-state index in [2.05, 4.69) is 20.4 Å². The number of carbonyl (C=O) groups is 1. The van der Waals surface area contributed by atoms with Crippen molar-refractivity contribution >= 4 is 35.0 Å². The summed E-state index contributed by atoms with van der Waals surface area (Å²) in [4.78, 5) is 32.6. The highest BCUT2D eigenvalue weighted by atomic mass is 35.5. The summed E-state index contributed by atoms with van der Waals surface area (Å²) in [5.41, 5.74) is 2.97. The molecule has 0 aliphatic carbocycles. The Kier molecular flexibility index (Phi) is 6.97. The number of anilines is 3. The third kappa shape index (κ3) is 5.09. The molecule has 0 spiro atoms. The first kappa shape index (κ1) is 24.6. The minimum Gasteiger partial charge on any atom is -0.478 e. The van der Waals surface area contributed by atoms with Gasteiger partial charge in [-0.2, -0.15) is 10.1 Å². The van der Waals surface area contributed by atoms with Gasteiger partial charge in [-0.1, -0.05) is 18.5 Å². The molecule has 37 heavy (non-hydrogen) atoms. The lowest BCUT2D eigenvalue weighted by Crippen LogP contribution is -2.37. The van der Waals surface area contributed by atoms with Gasteiger partial charge in [0, 0.05) is 50.0 Å². The van der Waals surface area contributed by atoms with Crippen molar-refractivity contribution in [3.05, 3.63) is 59.1 Å². The SMILES string of the molecule is CCc1nc(-c2ccn(C)n2)cc(-c2nc(N3CCOCC3)nc(Nc3ccncc3)c2Cl)c1C(=O)O. The van der Waals surface area contributed by atoms with E-state index in [-0.39, 0.29) is 10.6 Å². The maximum absolute atomic E-state index is 12.5. The number of ether oxygens (including phenoxy) is 1. The number of halogens is 1. The van der Waals surface area contributed by atoms with Gasteiger partial charge in [0.15, 0.2) is 5.82 Å². The van der Waals surface area contributed by atoms with Crippen LogP contribution in [0.5, 0.6) is 0 Å². The highest BCUT2D eigenvalue weighted by Gasteiger charge is 2.26. The Balaban J connectivity index is 1.74. The van der Waals surface area contributed by atoms with Crippen molar-refractivity contribution in [1.29, 1.82) is 0 Å². The molecule has 0 saturated carbocycles. The molecular weight excluding hydrogens is 496 g/mol. The fraction of sp³-hybridized carbons (Fsp3) is 0.280. The van der Waals surface area contributed by atoms with Crippen LogP contribution in [0.1, 0.15) is 23.0 Å². The summed E-state index contributed by atoms with van der Waals surface area (Å²) < 4.78 is 7.16. The van der Waals surface area contributed by atoms with E-state index in [4.69, 9.17) is 26.3 Å². The molecule has 1 saturated heterocycles. The predicted molar refractivity (Wildman–Crippen MR) is 139 cm³/mol. The number of nitrogens with zero attached hydrogens (tertiary/aromatic N) is 7. The molecule has 2 N–H and O–H groups in total. The molecule has 0 aromatic carbocycles. The second-order valence-electron chi connectivity index (χ2n) is 8.41. The molecule has 5 heterocycles. The Hall–Kier alpha value is -4.09. The van der Waals surface area contributed by atoms with Gasteiger partial charge in [-0.05, 0) is 30.7 Å². The summed E-state index contributed by atoms with van der Waals surface area (Å²) in [6, 6.07) is 7.08. The molecule has 0 unspecified atom stereocenters. The number of carboxylic acid groups (broad SMARTS) is 1. The van der Waals surface area contributed by atoms with Gasteiger partial charge in [0.1, 0.15) is 10.7 Å². The molecule has 12 heteroatoms. The highest BCUT2D eigenvalue weighted by molar-refractivity contribution is 6.35. The van der Waals surface area contributed by atoms with E-state index in [9.17, 15) is 9.90 Å². The normalized spacial score (nSPS) is 13.5. The standard InChI is InChI=1S/C25H25ClN8O3/c1-3-17-20(24(35)36)16(14-19(29-17)18-6-9-33(2)32-18)22-21(26)23(28-15-4-7-27-8-5-15)31-25(30-22)34-10-12-37-13-11-34/h4-9,14H,3,10-13H2,1-2H3,(H,35,36)(H,27,28,30,31). The largest absolute Gasteiger partial charge is 0.478 e. The fourth-order valence-corrected chi connectivity index (χ4v) is 4.37. The zero-order chi connectivity index (χ0) is 25.9. The number of aryl methyl sites for hydroxylation is 2. The van der Waals surface area contributed by atoms with E-state index in [1.807, 2.05) is 24.9 Å². The second kappa shape index (κ2) is 10.5. The predicted octanol–water partition coefficient (Wildman–Crippen LogP) is 3.83. The minimum atomic E-state index is -1.11. The lowest BCUT2D eigenvalue weighted by atomic mass is 9.99. The van der Waals surface area contributed by atoms with Crippen molar-refractivity contribution in [3.63, 3.8) is 0 Å². The van der Waals surface area contributed by atoms with E-state index in [0.717, 1.165) is 5.69 Å². The van der Waals surface area contributed by atoms with Gasteiger partial charge in [-0.25, -0.2) is 9.78 Å². The zero-order valence-corrected chi connectivity index (χ0v) is 21.1. The highest BCUT2D eigenvalue weighted by Crippen LogP contribution is 2.38. The summed E-state index contributed by atoms with van der Waals surface area (Å²) in [5.74, 6) is -0.340. The molecule has 0 atom stereocenters. The van der Waals surface area contributed by atoms with Gasteiger partial charge in [0.05, 0.1) is 35.9 Å². The summed E-state index contributed by atoms with van der Waals surface area (Å²) in [6.07, 6.45) is 5.51. The molecule has 0 radical (unpaired) electrons. The van der Waals surface area contributed by atoms with E-state index in [0.29, 0.717) is 72.8 Å². The van der Waals surface area contributed by atoms with Crippen molar-refractivity contribution in [2.24, 2.45) is 7.05 Å². The molecule has 4 aromatic heterocycles. The molecule has 190 valence electrons. The fourth-order valence-electron chi connectivity index (χ4n) is 4.14. The first-order chi connectivity index (χ1) is 17.9. The van der Waals surface area contributed by atoms with Crippen molar-refractivity contribution < 1.29 is 14.6 Å². The van der Waals surface area contributed by atoms with Crippen LogP contribution in [0.15, 0.2) is 42.9 Å². The number of carboxylic acids is 1. The van der Waals surface area contributed by atoms with Gasteiger partial charge < -0.3 is 20.1 Å². The Bertz CT molecular complexity index is 1440. The number of hydrogen-bond acceptors (Lipinski definition) is 9. The zero-order valence-electron chi connectivity index (χ0n) is 20.3. The molecule has 1 fully saturated rings. The number of morpholine rings is 1. The van der Waals surface area contributed by atoms with Gasteiger partial charge >= 0.3 is 5.97 Å². The van der Waals surface area contributed by atoms with Gasteiger partial charge in [-0.15, -0.1) is 0 Å². The minimum absolute atomic E-state index is 0.0468. The molecule has 0 bridgehead atoms. The second-order valence-corrected chi connectivity index (χ2v) is 8.78. The maximum Gasteiger partial charge on any atom is 0.338 e. The molecule has 4 aromatic rings. The first-order valence-electron chi connectivity index (χ1n) is 11.8. The van der Waals surface area contributed by atoms with Crippen LogP contribution in [-0.2, 0) is 18.2 Å². The number of nitrogens with one attached hydrogen (secondary N) is 1. The Morgan fingerprint density at radius 3 is 2.54 bits per heavy atom. The average molecular weight is 521 g/mol. The number of hydrogen-bond donors (Lipinski definition) is 2. The Morgan fingerprint density at radius 1 is 1.14 bits per heavy atom. The Morgan fingerprint density at radius 2 is 1.89 bits per heavy atom. The number of pyridine rings is 2. The van der Waals surface area contributed by atoms with Crippen LogP contribution in [0.3, 0.4) is 0 Å². The van der Waals surface area contributed by atoms with Crippen molar-refractivity contribution in [2.45, 2.75) is 13.3 Å². The van der Waals surface area contributed by atoms with Crippen LogP contribution >= 0.6 is 11.6 Å². The first-order valence-corrected chi connectivity index (χ1v) is 12.2. The average Bonchev–Trinajstić information content (AvgIpc) is 3.36. The number of rotatable bonds is 7. The van der Waals surface area contributed by atoms with Gasteiger partial charge in [0.25, 0.3) is 0 Å². The van der Waals surface area contributed by atoms with E-state index in [1.165, 1.54) is 0 Å². The van der Waals surface area contributed by atoms with Crippen molar-refractivity contribution in [2.75, 3.05) is 36.5 Å². The van der Waals surface area contributed by atoms with E-state index < -0.39 is 5.97 Å². The van der Waals surface area contributed by atoms with Crippen LogP contribution in [0, 0.1) is 0 Å². The maximum atomic E-state index is 12.5. The van der Waals surface area contributed by atoms with Crippen LogP contribution in [0.4, 0.5) is 17.5 Å². The van der Waals surface area contributed by atoms with Crippen LogP contribution in [-0.4, -0.2) is 67.1 Å². The summed E-state index contributed by atoms with van der Waals surface area (Å²) in [6.45, 7) is 4.12. The van der Waals surface area contributed by atoms with Crippen molar-refractivity contribution in [1.82, 2.24) is 29.7 Å². The van der Waals surface area contributed by atoms with Crippen molar-refractivity contribution in [3.8, 4) is 22.6 Å². The van der Waals surface area contributed by atoms with E-state index >= 15 is 0 Å². The quantitative estimate of drug-likeness (QED) is 0.370. The van der Waals surface area contributed by atoms with Crippen LogP contribution in [0.2, 0.25) is 5.02 Å². The van der Waals surface area contributed by atoms with Gasteiger partial charge in [-0.3, -0.25) is 14.6 Å². The number of aromatic nitrogens is 6. The molecule has 1 aliphatic rings. The lowest BCUT2D eigenvalue weighted by Gasteiger charge is -2.28. The van der Waals surface area contributed by atoms with Crippen LogP contribution in [0.25, 0.3) is 22.6 Å². The third-order valence-corrected chi connectivity index (χ3v) is 6.31. The Labute approximate surface area is 218 Å². The molecule has 5 rings (SSSR count). The van der Waals surface area contributed by atoms with Gasteiger partial charge in [0.2, 0.25) is 5.95 Å². The molecule has 11 nitrogen and oxygen atoms in total. The number of aromatic carboxylic acids is 1. The van der Waals surface area contributed by atoms with E-state index in [1.54, 1.807) is 41.5 Å². The summed E-state index contributed by atoms with van der Waals surface area (Å²) in [5, 5.41) is 18.1. The summed E-state index contributed by atoms with van der Waals surface area (Å²) >= 11 is 6.90. The smallest absolute Gasteiger partial charge is 0.338 e. The summed E-state index contributed by atoms with van der Waals surface area (Å²) in [7, 11) is 1.81. The van der Waals surface area contributed by atoms with Crippen LogP contribution < -0.4 is 10.2 Å². The molecule has 1 aliphatic heterocycles. The third-order valence-electron chi connectivity index (χ3n) is 5.95. The monoisotopic (exact) mass is 520 g/mol. The molecular formula is C25H25ClN8O3. The molecule has 0 amide bonds. The topological polar surface area (TPSA) is 131 Å².